The van der Waals surface area contributed by atoms with Crippen LogP contribution in [0.1, 0.15) is 23.2 Å². The first-order valence-electron chi connectivity index (χ1n) is 6.06. The van der Waals surface area contributed by atoms with Crippen LogP contribution in [0.15, 0.2) is 18.2 Å². The number of amides is 1. The van der Waals surface area contributed by atoms with Gasteiger partial charge in [-0.25, -0.2) is 4.39 Å². The first-order chi connectivity index (χ1) is 8.61. The highest BCUT2D eigenvalue weighted by Gasteiger charge is 2.24. The third-order valence-electron chi connectivity index (χ3n) is 3.30. The predicted octanol–water partition coefficient (Wildman–Crippen LogP) is 2.66. The van der Waals surface area contributed by atoms with Gasteiger partial charge in [-0.15, -0.1) is 12.4 Å². The Bertz CT molecular complexity index is 458. The van der Waals surface area contributed by atoms with Crippen LogP contribution in [-0.4, -0.2) is 30.4 Å². The molecule has 3 nitrogen and oxygen atoms in total. The fourth-order valence-corrected chi connectivity index (χ4v) is 2.98. The van der Waals surface area contributed by atoms with Gasteiger partial charge in [-0.1, -0.05) is 0 Å². The number of likely N-dealkylation sites (tertiary alicyclic amines) is 1. The standard InChI is InChI=1S/C13H16FIN2O.ClH/c14-10-3-4-11(12(15)6-10)13(18)17-5-1-2-9(7-16)8-17;/h3-4,6,9H,1-2,5,7-8,16H2;1H. The van der Waals surface area contributed by atoms with E-state index in [1.54, 1.807) is 6.07 Å². The Hall–Kier alpha value is -0.400. The first kappa shape index (κ1) is 16.7. The highest BCUT2D eigenvalue weighted by molar-refractivity contribution is 14.1. The molecular weight excluding hydrogens is 382 g/mol. The van der Waals surface area contributed by atoms with Crippen molar-refractivity contribution in [2.45, 2.75) is 12.8 Å². The van der Waals surface area contributed by atoms with Crippen molar-refractivity contribution in [1.29, 1.82) is 0 Å². The fourth-order valence-electron chi connectivity index (χ4n) is 2.28. The number of nitrogens with two attached hydrogens (primary N) is 1. The zero-order valence-corrected chi connectivity index (χ0v) is 13.4. The molecule has 1 atom stereocenters. The van der Waals surface area contributed by atoms with Gasteiger partial charge in [0.25, 0.3) is 5.91 Å². The molecule has 1 aromatic rings. The summed E-state index contributed by atoms with van der Waals surface area (Å²) in [4.78, 5) is 14.2. The molecular formula is C13H17ClFIN2O. The average molecular weight is 399 g/mol. The molecule has 1 saturated heterocycles. The molecule has 0 spiro atoms. The third-order valence-corrected chi connectivity index (χ3v) is 4.19. The molecule has 19 heavy (non-hydrogen) atoms. The van der Waals surface area contributed by atoms with Gasteiger partial charge < -0.3 is 10.6 Å². The molecule has 0 aromatic heterocycles. The van der Waals surface area contributed by atoms with E-state index < -0.39 is 0 Å². The Kier molecular flexibility index (Phi) is 6.49. The van der Waals surface area contributed by atoms with E-state index in [1.807, 2.05) is 27.5 Å². The van der Waals surface area contributed by atoms with Crippen LogP contribution >= 0.6 is 35.0 Å². The number of halogens is 3. The predicted molar refractivity (Wildman–Crippen MR) is 84.0 cm³/mol. The van der Waals surface area contributed by atoms with Gasteiger partial charge in [0.15, 0.2) is 0 Å². The van der Waals surface area contributed by atoms with Gasteiger partial charge in [0.1, 0.15) is 5.82 Å². The number of nitrogens with zero attached hydrogens (tertiary/aromatic N) is 1. The summed E-state index contributed by atoms with van der Waals surface area (Å²) in [6, 6.07) is 4.28. The summed E-state index contributed by atoms with van der Waals surface area (Å²) >= 11 is 2.00. The van der Waals surface area contributed by atoms with Crippen LogP contribution in [0, 0.1) is 15.3 Å². The molecule has 1 aliphatic rings. The Morgan fingerprint density at radius 3 is 2.89 bits per heavy atom. The molecule has 1 unspecified atom stereocenters. The van der Waals surface area contributed by atoms with Gasteiger partial charge in [0.2, 0.25) is 0 Å². The first-order valence-corrected chi connectivity index (χ1v) is 7.14. The molecule has 1 heterocycles. The van der Waals surface area contributed by atoms with Crippen LogP contribution < -0.4 is 5.73 Å². The monoisotopic (exact) mass is 398 g/mol. The second-order valence-electron chi connectivity index (χ2n) is 4.62. The maximum absolute atomic E-state index is 13.0. The zero-order valence-electron chi connectivity index (χ0n) is 10.4. The van der Waals surface area contributed by atoms with Gasteiger partial charge in [0, 0.05) is 16.7 Å². The van der Waals surface area contributed by atoms with Crippen LogP contribution in [0.4, 0.5) is 4.39 Å². The molecule has 2 N–H and O–H groups in total. The minimum Gasteiger partial charge on any atom is -0.338 e. The summed E-state index contributed by atoms with van der Waals surface area (Å²) in [5, 5.41) is 0. The number of carbonyl (C=O) groups is 1. The van der Waals surface area contributed by atoms with Gasteiger partial charge in [-0.05, 0) is 66.1 Å². The highest BCUT2D eigenvalue weighted by atomic mass is 127. The van der Waals surface area contributed by atoms with Crippen molar-refractivity contribution in [1.82, 2.24) is 4.90 Å². The van der Waals surface area contributed by atoms with Gasteiger partial charge in [-0.3, -0.25) is 4.79 Å². The molecule has 1 fully saturated rings. The van der Waals surface area contributed by atoms with Crippen LogP contribution in [-0.2, 0) is 0 Å². The Morgan fingerprint density at radius 2 is 2.26 bits per heavy atom. The summed E-state index contributed by atoms with van der Waals surface area (Å²) in [7, 11) is 0. The van der Waals surface area contributed by atoms with E-state index in [-0.39, 0.29) is 24.1 Å². The van der Waals surface area contributed by atoms with Crippen molar-refractivity contribution >= 4 is 40.9 Å². The van der Waals surface area contributed by atoms with Gasteiger partial charge in [0.05, 0.1) is 5.56 Å². The van der Waals surface area contributed by atoms with Crippen molar-refractivity contribution in [2.75, 3.05) is 19.6 Å². The van der Waals surface area contributed by atoms with Crippen molar-refractivity contribution in [2.24, 2.45) is 11.7 Å². The summed E-state index contributed by atoms with van der Waals surface area (Å²) in [6.45, 7) is 2.09. The summed E-state index contributed by atoms with van der Waals surface area (Å²) in [5.41, 5.74) is 6.24. The Labute approximate surface area is 132 Å². The lowest BCUT2D eigenvalue weighted by Gasteiger charge is -2.32. The van der Waals surface area contributed by atoms with Crippen LogP contribution in [0.5, 0.6) is 0 Å². The van der Waals surface area contributed by atoms with Gasteiger partial charge in [-0.2, -0.15) is 0 Å². The third kappa shape index (κ3) is 4.03. The fraction of sp³-hybridized carbons (Fsp3) is 0.462. The molecule has 1 aliphatic heterocycles. The molecule has 1 aromatic carbocycles. The smallest absolute Gasteiger partial charge is 0.254 e. The lowest BCUT2D eigenvalue weighted by Crippen LogP contribution is -2.42. The molecule has 0 bridgehead atoms. The van der Waals surface area contributed by atoms with E-state index in [2.05, 4.69) is 0 Å². The topological polar surface area (TPSA) is 46.3 Å². The minimum absolute atomic E-state index is 0. The molecule has 106 valence electrons. The van der Waals surface area contributed by atoms with Crippen LogP contribution in [0.3, 0.4) is 0 Å². The molecule has 2 rings (SSSR count). The second kappa shape index (κ2) is 7.40. The number of hydrogen-bond donors (Lipinski definition) is 1. The van der Waals surface area contributed by atoms with E-state index in [0.29, 0.717) is 28.1 Å². The quantitative estimate of drug-likeness (QED) is 0.779. The minimum atomic E-state index is -0.311. The van der Waals surface area contributed by atoms with Crippen molar-refractivity contribution < 1.29 is 9.18 Å². The Morgan fingerprint density at radius 1 is 1.53 bits per heavy atom. The summed E-state index contributed by atoms with van der Waals surface area (Å²) in [6.07, 6.45) is 2.08. The second-order valence-corrected chi connectivity index (χ2v) is 5.78. The zero-order chi connectivity index (χ0) is 13.1. The van der Waals surface area contributed by atoms with Crippen LogP contribution in [0.2, 0.25) is 0 Å². The molecule has 6 heteroatoms. The van der Waals surface area contributed by atoms with Crippen LogP contribution in [0.25, 0.3) is 0 Å². The maximum Gasteiger partial charge on any atom is 0.254 e. The highest BCUT2D eigenvalue weighted by Crippen LogP contribution is 2.21. The number of rotatable bonds is 2. The van der Waals surface area contributed by atoms with E-state index in [9.17, 15) is 9.18 Å². The number of hydrogen-bond acceptors (Lipinski definition) is 2. The average Bonchev–Trinajstić information content (AvgIpc) is 2.38. The van der Waals surface area contributed by atoms with E-state index in [0.717, 1.165) is 19.4 Å². The maximum atomic E-state index is 13.0. The molecule has 0 radical (unpaired) electrons. The molecule has 0 saturated carbocycles. The van der Waals surface area contributed by atoms with E-state index >= 15 is 0 Å². The number of benzene rings is 1. The molecule has 1 amide bonds. The van der Waals surface area contributed by atoms with Crippen molar-refractivity contribution in [3.8, 4) is 0 Å². The molecule has 0 aliphatic carbocycles. The summed E-state index contributed by atoms with van der Waals surface area (Å²) in [5.74, 6) is 0.0628. The normalized spacial score (nSPS) is 18.9. The lowest BCUT2D eigenvalue weighted by atomic mass is 9.97. The lowest BCUT2D eigenvalue weighted by molar-refractivity contribution is 0.0677. The Balaban J connectivity index is 0.00000180. The summed E-state index contributed by atoms with van der Waals surface area (Å²) < 4.78 is 13.7. The van der Waals surface area contributed by atoms with Gasteiger partial charge >= 0.3 is 0 Å². The number of carbonyl (C=O) groups excluding carboxylic acids is 1. The number of piperidine rings is 1. The SMILES string of the molecule is Cl.NCC1CCCN(C(=O)c2ccc(F)cc2I)C1. The van der Waals surface area contributed by atoms with E-state index in [4.69, 9.17) is 5.73 Å². The largest absolute Gasteiger partial charge is 0.338 e. The van der Waals surface area contributed by atoms with Crippen molar-refractivity contribution in [3.63, 3.8) is 0 Å². The van der Waals surface area contributed by atoms with E-state index in [1.165, 1.54) is 12.1 Å². The van der Waals surface area contributed by atoms with Crippen molar-refractivity contribution in [3.05, 3.63) is 33.1 Å².